The van der Waals surface area contributed by atoms with Gasteiger partial charge in [0.05, 0.1) is 5.02 Å². The van der Waals surface area contributed by atoms with Crippen LogP contribution in [0.25, 0.3) is 0 Å². The molecule has 3 rings (SSSR count). The summed E-state index contributed by atoms with van der Waals surface area (Å²) in [5.74, 6) is 0.706. The number of benzene rings is 2. The molecule has 1 heterocycles. The van der Waals surface area contributed by atoms with E-state index in [1.807, 2.05) is 12.1 Å². The third-order valence-electron chi connectivity index (χ3n) is 2.79. The Kier molecular flexibility index (Phi) is 3.54. The predicted molar refractivity (Wildman–Crippen MR) is 79.7 cm³/mol. The molecule has 0 radical (unpaired) electrons. The van der Waals surface area contributed by atoms with E-state index < -0.39 is 0 Å². The molecule has 20 heavy (non-hydrogen) atoms. The lowest BCUT2D eigenvalue weighted by molar-refractivity contribution is 0.102. The Morgan fingerprint density at radius 2 is 1.95 bits per heavy atom. The summed E-state index contributed by atoms with van der Waals surface area (Å²) in [7, 11) is 0. The molecule has 0 saturated heterocycles. The van der Waals surface area contributed by atoms with E-state index in [4.69, 9.17) is 21.1 Å². The molecule has 4 nitrogen and oxygen atoms in total. The van der Waals surface area contributed by atoms with Crippen LogP contribution in [0.2, 0.25) is 5.02 Å². The first-order chi connectivity index (χ1) is 9.63. The van der Waals surface area contributed by atoms with Crippen LogP contribution in [0.4, 0.5) is 5.69 Å². The van der Waals surface area contributed by atoms with Gasteiger partial charge in [-0.05, 0) is 36.4 Å². The van der Waals surface area contributed by atoms with Crippen molar-refractivity contribution < 1.29 is 14.3 Å². The van der Waals surface area contributed by atoms with Crippen LogP contribution in [0.5, 0.6) is 11.5 Å². The Morgan fingerprint density at radius 3 is 2.70 bits per heavy atom. The fourth-order valence-corrected chi connectivity index (χ4v) is 2.36. The SMILES string of the molecule is O=C(Nc1ccc(Br)cc1)c1cc(Cl)c2c(c1)OCO2. The summed E-state index contributed by atoms with van der Waals surface area (Å²) in [4.78, 5) is 12.2. The van der Waals surface area contributed by atoms with Crippen LogP contribution in [0, 0.1) is 0 Å². The Bertz CT molecular complexity index is 673. The van der Waals surface area contributed by atoms with Gasteiger partial charge >= 0.3 is 0 Å². The second-order valence-electron chi connectivity index (χ2n) is 4.15. The van der Waals surface area contributed by atoms with Gasteiger partial charge in [-0.3, -0.25) is 4.79 Å². The zero-order valence-electron chi connectivity index (χ0n) is 10.2. The van der Waals surface area contributed by atoms with E-state index in [9.17, 15) is 4.79 Å². The summed E-state index contributed by atoms with van der Waals surface area (Å²) in [6, 6.07) is 10.5. The number of nitrogens with one attached hydrogen (secondary N) is 1. The summed E-state index contributed by atoms with van der Waals surface area (Å²) in [6.45, 7) is 0.118. The van der Waals surface area contributed by atoms with E-state index in [0.29, 0.717) is 27.8 Å². The van der Waals surface area contributed by atoms with Crippen LogP contribution in [0.15, 0.2) is 40.9 Å². The van der Waals surface area contributed by atoms with Gasteiger partial charge in [0, 0.05) is 15.7 Å². The zero-order valence-corrected chi connectivity index (χ0v) is 12.5. The minimum Gasteiger partial charge on any atom is -0.454 e. The first-order valence-corrected chi connectivity index (χ1v) is 6.96. The number of carbonyl (C=O) groups is 1. The highest BCUT2D eigenvalue weighted by Gasteiger charge is 2.20. The molecule has 0 unspecified atom stereocenters. The van der Waals surface area contributed by atoms with Gasteiger partial charge in [-0.25, -0.2) is 0 Å². The number of hydrogen-bond acceptors (Lipinski definition) is 3. The van der Waals surface area contributed by atoms with Gasteiger partial charge in [0.15, 0.2) is 11.5 Å². The standard InChI is InChI=1S/C14H9BrClNO3/c15-9-1-3-10(4-2-9)17-14(18)8-5-11(16)13-12(6-8)19-7-20-13/h1-6H,7H2,(H,17,18). The van der Waals surface area contributed by atoms with Crippen molar-refractivity contribution in [1.29, 1.82) is 0 Å². The van der Waals surface area contributed by atoms with Crippen LogP contribution >= 0.6 is 27.5 Å². The maximum Gasteiger partial charge on any atom is 0.255 e. The number of anilines is 1. The molecule has 102 valence electrons. The van der Waals surface area contributed by atoms with Crippen molar-refractivity contribution in [2.75, 3.05) is 12.1 Å². The van der Waals surface area contributed by atoms with E-state index in [1.165, 1.54) is 0 Å². The zero-order chi connectivity index (χ0) is 14.1. The predicted octanol–water partition coefficient (Wildman–Crippen LogP) is 4.08. The van der Waals surface area contributed by atoms with E-state index >= 15 is 0 Å². The van der Waals surface area contributed by atoms with Gasteiger partial charge < -0.3 is 14.8 Å². The van der Waals surface area contributed by atoms with Crippen molar-refractivity contribution in [3.8, 4) is 11.5 Å². The minimum atomic E-state index is -0.257. The van der Waals surface area contributed by atoms with Gasteiger partial charge in [0.25, 0.3) is 5.91 Å². The van der Waals surface area contributed by atoms with Crippen LogP contribution in [0.1, 0.15) is 10.4 Å². The molecule has 6 heteroatoms. The fourth-order valence-electron chi connectivity index (χ4n) is 1.83. The molecule has 0 fully saturated rings. The summed E-state index contributed by atoms with van der Waals surface area (Å²) >= 11 is 9.39. The number of rotatable bonds is 2. The van der Waals surface area contributed by atoms with E-state index in [0.717, 1.165) is 4.47 Å². The van der Waals surface area contributed by atoms with Crippen LogP contribution < -0.4 is 14.8 Å². The largest absolute Gasteiger partial charge is 0.454 e. The molecule has 0 bridgehead atoms. The number of fused-ring (bicyclic) bond motifs is 1. The van der Waals surface area contributed by atoms with Gasteiger partial charge in [0.1, 0.15) is 0 Å². The average molecular weight is 355 g/mol. The molecule has 0 aliphatic carbocycles. The van der Waals surface area contributed by atoms with Gasteiger partial charge in [-0.2, -0.15) is 0 Å². The summed E-state index contributed by atoms with van der Waals surface area (Å²) in [6.07, 6.45) is 0. The first kappa shape index (κ1) is 13.3. The number of ether oxygens (including phenoxy) is 2. The van der Waals surface area contributed by atoms with Crippen molar-refractivity contribution in [1.82, 2.24) is 0 Å². The van der Waals surface area contributed by atoms with Crippen molar-refractivity contribution in [3.63, 3.8) is 0 Å². The monoisotopic (exact) mass is 353 g/mol. The highest BCUT2D eigenvalue weighted by molar-refractivity contribution is 9.10. The highest BCUT2D eigenvalue weighted by atomic mass is 79.9. The number of amides is 1. The van der Waals surface area contributed by atoms with Gasteiger partial charge in [0.2, 0.25) is 6.79 Å². The molecule has 2 aromatic carbocycles. The maximum atomic E-state index is 12.2. The quantitative estimate of drug-likeness (QED) is 0.884. The molecule has 2 aromatic rings. The first-order valence-electron chi connectivity index (χ1n) is 5.79. The van der Waals surface area contributed by atoms with Crippen LogP contribution in [0.3, 0.4) is 0 Å². The van der Waals surface area contributed by atoms with Crippen molar-refractivity contribution in [2.24, 2.45) is 0 Å². The van der Waals surface area contributed by atoms with E-state index in [2.05, 4.69) is 21.2 Å². The molecule has 1 aliphatic rings. The molecule has 1 amide bonds. The number of halogens is 2. The summed E-state index contributed by atoms with van der Waals surface area (Å²) < 4.78 is 11.4. The molecule has 0 saturated carbocycles. The highest BCUT2D eigenvalue weighted by Crippen LogP contribution is 2.39. The number of hydrogen-bond donors (Lipinski definition) is 1. The average Bonchev–Trinajstić information content (AvgIpc) is 2.90. The normalized spacial score (nSPS) is 12.3. The molecule has 0 atom stereocenters. The van der Waals surface area contributed by atoms with Gasteiger partial charge in [-0.1, -0.05) is 27.5 Å². The number of carbonyl (C=O) groups excluding carboxylic acids is 1. The third kappa shape index (κ3) is 2.59. The van der Waals surface area contributed by atoms with Crippen molar-refractivity contribution in [2.45, 2.75) is 0 Å². The Labute approximate surface area is 128 Å². The second kappa shape index (κ2) is 5.34. The minimum absolute atomic E-state index is 0.118. The molecule has 0 aromatic heterocycles. The van der Waals surface area contributed by atoms with Gasteiger partial charge in [-0.15, -0.1) is 0 Å². The van der Waals surface area contributed by atoms with E-state index in [1.54, 1.807) is 24.3 Å². The molecular weight excluding hydrogens is 346 g/mol. The Hall–Kier alpha value is -1.72. The van der Waals surface area contributed by atoms with Crippen molar-refractivity contribution >= 4 is 39.1 Å². The second-order valence-corrected chi connectivity index (χ2v) is 5.48. The molecule has 1 N–H and O–H groups in total. The summed E-state index contributed by atoms with van der Waals surface area (Å²) in [5.41, 5.74) is 1.12. The van der Waals surface area contributed by atoms with Crippen LogP contribution in [-0.4, -0.2) is 12.7 Å². The lowest BCUT2D eigenvalue weighted by Gasteiger charge is -2.07. The Balaban J connectivity index is 1.84. The summed E-state index contributed by atoms with van der Waals surface area (Å²) in [5, 5.41) is 3.15. The lowest BCUT2D eigenvalue weighted by Crippen LogP contribution is -2.11. The van der Waals surface area contributed by atoms with Crippen molar-refractivity contribution in [3.05, 3.63) is 51.5 Å². The molecular formula is C14H9BrClNO3. The third-order valence-corrected chi connectivity index (χ3v) is 3.60. The van der Waals surface area contributed by atoms with Crippen LogP contribution in [-0.2, 0) is 0 Å². The smallest absolute Gasteiger partial charge is 0.255 e. The molecule has 0 spiro atoms. The lowest BCUT2D eigenvalue weighted by atomic mass is 10.2. The maximum absolute atomic E-state index is 12.2. The Morgan fingerprint density at radius 1 is 1.20 bits per heavy atom. The topological polar surface area (TPSA) is 47.6 Å². The van der Waals surface area contributed by atoms with E-state index in [-0.39, 0.29) is 12.7 Å². The molecule has 1 aliphatic heterocycles. The fraction of sp³-hybridized carbons (Fsp3) is 0.0714.